The van der Waals surface area contributed by atoms with Gasteiger partial charge in [-0.3, -0.25) is 4.79 Å². The molecular formula is C17H22BrClN4O3. The van der Waals surface area contributed by atoms with Gasteiger partial charge in [-0.15, -0.1) is 0 Å². The number of nitrogens with one attached hydrogen (secondary N) is 2. The average Bonchev–Trinajstić information content (AvgIpc) is 3.33. The van der Waals surface area contributed by atoms with E-state index in [1.54, 1.807) is 0 Å². The SMILES string of the molecule is C[C@H](NC(=O)c1cnc(Cl)c(Br)c1N1CC[C@](C)(NC(=O)O)C1)C1CC1. The molecule has 1 saturated carbocycles. The second-order valence-electron chi connectivity index (χ2n) is 7.39. The zero-order chi connectivity index (χ0) is 19.1. The lowest BCUT2D eigenvalue weighted by molar-refractivity contribution is 0.0935. The van der Waals surface area contributed by atoms with Crippen LogP contribution in [0.1, 0.15) is 43.5 Å². The Kier molecular flexibility index (Phi) is 5.35. The third kappa shape index (κ3) is 4.06. The molecule has 1 aromatic heterocycles. The van der Waals surface area contributed by atoms with E-state index >= 15 is 0 Å². The van der Waals surface area contributed by atoms with Crippen molar-refractivity contribution in [3.05, 3.63) is 21.4 Å². The number of carbonyl (C=O) groups is 2. The molecule has 3 N–H and O–H groups in total. The Labute approximate surface area is 165 Å². The number of halogens is 2. The highest BCUT2D eigenvalue weighted by molar-refractivity contribution is 9.10. The highest BCUT2D eigenvalue weighted by Crippen LogP contribution is 2.38. The van der Waals surface area contributed by atoms with E-state index in [0.717, 1.165) is 12.8 Å². The summed E-state index contributed by atoms with van der Waals surface area (Å²) in [7, 11) is 0. The summed E-state index contributed by atoms with van der Waals surface area (Å²) in [5.41, 5.74) is 0.505. The molecule has 1 saturated heterocycles. The molecule has 3 rings (SSSR count). The summed E-state index contributed by atoms with van der Waals surface area (Å²) in [6, 6.07) is 0.113. The predicted octanol–water partition coefficient (Wildman–Crippen LogP) is 3.26. The Morgan fingerprint density at radius 3 is 2.81 bits per heavy atom. The molecule has 2 atom stereocenters. The van der Waals surface area contributed by atoms with Gasteiger partial charge in [0.05, 0.1) is 21.3 Å². The number of rotatable bonds is 5. The monoisotopic (exact) mass is 444 g/mol. The molecule has 0 spiro atoms. The minimum absolute atomic E-state index is 0.113. The minimum atomic E-state index is -1.06. The van der Waals surface area contributed by atoms with Crippen molar-refractivity contribution >= 4 is 45.2 Å². The second kappa shape index (κ2) is 7.23. The van der Waals surface area contributed by atoms with Gasteiger partial charge in [-0.1, -0.05) is 11.6 Å². The van der Waals surface area contributed by atoms with Crippen molar-refractivity contribution in [2.45, 2.75) is 44.7 Å². The van der Waals surface area contributed by atoms with Crippen LogP contribution in [0.2, 0.25) is 5.15 Å². The van der Waals surface area contributed by atoms with E-state index in [1.807, 2.05) is 18.7 Å². The summed E-state index contributed by atoms with van der Waals surface area (Å²) in [6.07, 6.45) is 3.34. The topological polar surface area (TPSA) is 94.6 Å². The zero-order valence-electron chi connectivity index (χ0n) is 14.7. The number of pyridine rings is 1. The van der Waals surface area contributed by atoms with Gasteiger partial charge in [-0.05, 0) is 55.0 Å². The molecular weight excluding hydrogens is 424 g/mol. The summed E-state index contributed by atoms with van der Waals surface area (Å²) < 4.78 is 0.547. The fraction of sp³-hybridized carbons (Fsp3) is 0.588. The van der Waals surface area contributed by atoms with Crippen LogP contribution in [0.5, 0.6) is 0 Å². The molecule has 2 heterocycles. The molecule has 0 radical (unpaired) electrons. The predicted molar refractivity (Wildman–Crippen MR) is 103 cm³/mol. The number of carboxylic acid groups (broad SMARTS) is 1. The molecule has 2 fully saturated rings. The number of anilines is 1. The van der Waals surface area contributed by atoms with Crippen LogP contribution < -0.4 is 15.5 Å². The summed E-state index contributed by atoms with van der Waals surface area (Å²) in [4.78, 5) is 30.0. The van der Waals surface area contributed by atoms with Gasteiger partial charge in [0.15, 0.2) is 0 Å². The lowest BCUT2D eigenvalue weighted by Crippen LogP contribution is -2.47. The lowest BCUT2D eigenvalue weighted by Gasteiger charge is -2.27. The first kappa shape index (κ1) is 19.2. The van der Waals surface area contributed by atoms with Gasteiger partial charge in [0, 0.05) is 25.3 Å². The van der Waals surface area contributed by atoms with Gasteiger partial charge in [0.1, 0.15) is 5.15 Å². The van der Waals surface area contributed by atoms with Crippen molar-refractivity contribution in [1.82, 2.24) is 15.6 Å². The number of hydrogen-bond donors (Lipinski definition) is 3. The first-order valence-electron chi connectivity index (χ1n) is 8.61. The van der Waals surface area contributed by atoms with Gasteiger partial charge in [0.25, 0.3) is 5.91 Å². The second-order valence-corrected chi connectivity index (χ2v) is 8.54. The van der Waals surface area contributed by atoms with E-state index in [4.69, 9.17) is 16.7 Å². The Morgan fingerprint density at radius 2 is 2.19 bits per heavy atom. The molecule has 0 bridgehead atoms. The molecule has 1 aliphatic heterocycles. The molecule has 1 aliphatic carbocycles. The van der Waals surface area contributed by atoms with Crippen molar-refractivity contribution in [2.75, 3.05) is 18.0 Å². The maximum atomic E-state index is 12.8. The van der Waals surface area contributed by atoms with Crippen molar-refractivity contribution < 1.29 is 14.7 Å². The van der Waals surface area contributed by atoms with Crippen LogP contribution in [0.4, 0.5) is 10.5 Å². The van der Waals surface area contributed by atoms with Crippen LogP contribution in [0, 0.1) is 5.92 Å². The largest absolute Gasteiger partial charge is 0.465 e. The van der Waals surface area contributed by atoms with Gasteiger partial charge < -0.3 is 20.6 Å². The highest BCUT2D eigenvalue weighted by Gasteiger charge is 2.38. The maximum absolute atomic E-state index is 12.8. The third-order valence-corrected chi connectivity index (χ3v) is 6.35. The number of amides is 2. The van der Waals surface area contributed by atoms with Gasteiger partial charge in [-0.2, -0.15) is 0 Å². The zero-order valence-corrected chi connectivity index (χ0v) is 17.0. The van der Waals surface area contributed by atoms with Crippen molar-refractivity contribution in [3.63, 3.8) is 0 Å². The van der Waals surface area contributed by atoms with Crippen LogP contribution in [0.25, 0.3) is 0 Å². The van der Waals surface area contributed by atoms with Gasteiger partial charge in [-0.25, -0.2) is 9.78 Å². The normalized spacial score (nSPS) is 23.6. The fourth-order valence-electron chi connectivity index (χ4n) is 3.44. The van der Waals surface area contributed by atoms with E-state index in [9.17, 15) is 9.59 Å². The standard InChI is InChI=1S/C17H22BrClN4O3/c1-9(10-3-4-10)21-15(24)11-7-20-14(19)12(18)13(11)23-6-5-17(2,8-23)22-16(25)26/h7,9-10,22H,3-6,8H2,1-2H3,(H,21,24)(H,25,26)/t9-,17-/m0/s1. The van der Waals surface area contributed by atoms with E-state index in [-0.39, 0.29) is 17.1 Å². The van der Waals surface area contributed by atoms with Gasteiger partial charge >= 0.3 is 6.09 Å². The van der Waals surface area contributed by atoms with E-state index in [0.29, 0.717) is 41.2 Å². The Bertz CT molecular complexity index is 743. The van der Waals surface area contributed by atoms with Crippen molar-refractivity contribution in [1.29, 1.82) is 0 Å². The molecule has 26 heavy (non-hydrogen) atoms. The minimum Gasteiger partial charge on any atom is -0.465 e. The first-order valence-corrected chi connectivity index (χ1v) is 9.78. The number of carbonyl (C=O) groups excluding carboxylic acids is 1. The Balaban J connectivity index is 1.87. The van der Waals surface area contributed by atoms with Crippen LogP contribution >= 0.6 is 27.5 Å². The van der Waals surface area contributed by atoms with Crippen molar-refractivity contribution in [3.8, 4) is 0 Å². The third-order valence-electron chi connectivity index (χ3n) is 5.08. The molecule has 0 unspecified atom stereocenters. The van der Waals surface area contributed by atoms with E-state index in [2.05, 4.69) is 31.5 Å². The Morgan fingerprint density at radius 1 is 1.50 bits per heavy atom. The van der Waals surface area contributed by atoms with E-state index < -0.39 is 11.6 Å². The van der Waals surface area contributed by atoms with Crippen LogP contribution in [0.15, 0.2) is 10.7 Å². The number of hydrogen-bond acceptors (Lipinski definition) is 4. The lowest BCUT2D eigenvalue weighted by atomic mass is 10.0. The molecule has 1 aromatic rings. The average molecular weight is 446 g/mol. The van der Waals surface area contributed by atoms with Gasteiger partial charge in [0.2, 0.25) is 0 Å². The van der Waals surface area contributed by atoms with E-state index in [1.165, 1.54) is 6.20 Å². The highest BCUT2D eigenvalue weighted by atomic mass is 79.9. The Hall–Kier alpha value is -1.54. The number of aromatic nitrogens is 1. The molecule has 7 nitrogen and oxygen atoms in total. The fourth-order valence-corrected chi connectivity index (χ4v) is 4.15. The maximum Gasteiger partial charge on any atom is 0.405 e. The summed E-state index contributed by atoms with van der Waals surface area (Å²) in [5.74, 6) is 0.352. The molecule has 0 aromatic carbocycles. The molecule has 9 heteroatoms. The molecule has 142 valence electrons. The number of nitrogens with zero attached hydrogens (tertiary/aromatic N) is 2. The van der Waals surface area contributed by atoms with Crippen LogP contribution in [0.3, 0.4) is 0 Å². The smallest absolute Gasteiger partial charge is 0.405 e. The van der Waals surface area contributed by atoms with Crippen LogP contribution in [-0.2, 0) is 0 Å². The molecule has 2 aliphatic rings. The first-order chi connectivity index (χ1) is 12.2. The molecule has 2 amide bonds. The summed E-state index contributed by atoms with van der Waals surface area (Å²) >= 11 is 9.62. The van der Waals surface area contributed by atoms with Crippen LogP contribution in [-0.4, -0.2) is 46.8 Å². The summed E-state index contributed by atoms with van der Waals surface area (Å²) in [5, 5.41) is 14.9. The quantitative estimate of drug-likeness (QED) is 0.605. The van der Waals surface area contributed by atoms with Crippen molar-refractivity contribution in [2.24, 2.45) is 5.92 Å². The summed E-state index contributed by atoms with van der Waals surface area (Å²) in [6.45, 7) is 4.91.